The second-order valence-electron chi connectivity index (χ2n) is 4.67. The van der Waals surface area contributed by atoms with Crippen LogP contribution in [0.5, 0.6) is 0 Å². The van der Waals surface area contributed by atoms with E-state index in [-0.39, 0.29) is 5.54 Å². The Morgan fingerprint density at radius 3 is 2.94 bits per heavy atom. The van der Waals surface area contributed by atoms with Crippen molar-refractivity contribution in [2.24, 2.45) is 4.99 Å². The van der Waals surface area contributed by atoms with Crippen molar-refractivity contribution in [2.75, 3.05) is 5.75 Å². The molecule has 0 bridgehead atoms. The Bertz CT molecular complexity index is 411. The van der Waals surface area contributed by atoms with Gasteiger partial charge in [0, 0.05) is 16.2 Å². The molecule has 1 atom stereocenters. The van der Waals surface area contributed by atoms with Gasteiger partial charge in [0.2, 0.25) is 0 Å². The molecule has 1 aromatic rings. The lowest BCUT2D eigenvalue weighted by Gasteiger charge is -2.20. The van der Waals surface area contributed by atoms with Crippen molar-refractivity contribution < 1.29 is 0 Å². The molecule has 94 valence electrons. The Kier molecular flexibility index (Phi) is 4.15. The van der Waals surface area contributed by atoms with E-state index in [0.717, 1.165) is 30.3 Å². The first-order valence-electron chi connectivity index (χ1n) is 6.17. The van der Waals surface area contributed by atoms with Crippen LogP contribution in [0.25, 0.3) is 0 Å². The number of hydrogen-bond acceptors (Lipinski definition) is 3. The Labute approximate surface area is 112 Å². The van der Waals surface area contributed by atoms with Gasteiger partial charge >= 0.3 is 0 Å². The normalized spacial score (nSPS) is 26.4. The molecule has 2 rings (SSSR count). The number of nitrogens with zero attached hydrogens (tertiary/aromatic N) is 1. The van der Waals surface area contributed by atoms with Gasteiger partial charge in [-0.05, 0) is 36.8 Å². The van der Waals surface area contributed by atoms with Crippen LogP contribution in [0, 0.1) is 0 Å². The SMILES string of the molecule is CCc1ccsc1CN=C1NC(C)(CC)CS1. The molecule has 1 aromatic heterocycles. The molecular formula is C13H20N2S2. The van der Waals surface area contributed by atoms with Crippen LogP contribution in [0.4, 0.5) is 0 Å². The molecule has 2 nitrogen and oxygen atoms in total. The zero-order valence-electron chi connectivity index (χ0n) is 10.7. The number of thiophene rings is 1. The summed E-state index contributed by atoms with van der Waals surface area (Å²) < 4.78 is 0. The standard InChI is InChI=1S/C13H20N2S2/c1-4-10-6-7-16-11(10)8-14-12-15-13(3,5-2)9-17-12/h6-7H,4-5,8-9H2,1-3H3,(H,14,15). The molecular weight excluding hydrogens is 248 g/mol. The predicted molar refractivity (Wildman–Crippen MR) is 79.1 cm³/mol. The monoisotopic (exact) mass is 268 g/mol. The third kappa shape index (κ3) is 3.05. The summed E-state index contributed by atoms with van der Waals surface area (Å²) in [5.74, 6) is 1.13. The van der Waals surface area contributed by atoms with E-state index in [0.29, 0.717) is 0 Å². The molecule has 1 aliphatic rings. The summed E-state index contributed by atoms with van der Waals surface area (Å²) in [7, 11) is 0. The van der Waals surface area contributed by atoms with Gasteiger partial charge in [0.15, 0.2) is 5.17 Å². The van der Waals surface area contributed by atoms with Crippen LogP contribution in [0.15, 0.2) is 16.4 Å². The zero-order chi connectivity index (χ0) is 12.3. The largest absolute Gasteiger partial charge is 0.359 e. The van der Waals surface area contributed by atoms with E-state index in [1.54, 1.807) is 0 Å². The number of aryl methyl sites for hydroxylation is 1. The molecule has 1 N–H and O–H groups in total. The second-order valence-corrected chi connectivity index (χ2v) is 6.64. The molecule has 0 saturated carbocycles. The van der Waals surface area contributed by atoms with E-state index in [2.05, 4.69) is 37.5 Å². The van der Waals surface area contributed by atoms with Crippen molar-refractivity contribution in [3.05, 3.63) is 21.9 Å². The molecule has 0 amide bonds. The minimum absolute atomic E-state index is 0.243. The van der Waals surface area contributed by atoms with Gasteiger partial charge in [-0.2, -0.15) is 0 Å². The fourth-order valence-corrected chi connectivity index (χ4v) is 3.90. The van der Waals surface area contributed by atoms with Crippen molar-refractivity contribution in [1.82, 2.24) is 5.32 Å². The molecule has 0 radical (unpaired) electrons. The summed E-state index contributed by atoms with van der Waals surface area (Å²) >= 11 is 3.67. The maximum atomic E-state index is 4.70. The Balaban J connectivity index is 1.98. The smallest absolute Gasteiger partial charge is 0.157 e. The maximum absolute atomic E-state index is 4.70. The molecule has 0 aliphatic carbocycles. The summed E-state index contributed by atoms with van der Waals surface area (Å²) in [6.45, 7) is 7.53. The zero-order valence-corrected chi connectivity index (χ0v) is 12.4. The van der Waals surface area contributed by atoms with Gasteiger partial charge in [-0.15, -0.1) is 11.3 Å². The quantitative estimate of drug-likeness (QED) is 0.901. The molecule has 1 unspecified atom stereocenters. The Morgan fingerprint density at radius 2 is 2.29 bits per heavy atom. The fourth-order valence-electron chi connectivity index (χ4n) is 1.80. The first-order valence-corrected chi connectivity index (χ1v) is 8.04. The van der Waals surface area contributed by atoms with E-state index in [1.165, 1.54) is 10.4 Å². The second kappa shape index (κ2) is 5.44. The van der Waals surface area contributed by atoms with Crippen molar-refractivity contribution >= 4 is 28.3 Å². The lowest BCUT2D eigenvalue weighted by atomic mass is 10.0. The van der Waals surface area contributed by atoms with Gasteiger partial charge in [0.05, 0.1) is 6.54 Å². The Morgan fingerprint density at radius 1 is 1.47 bits per heavy atom. The summed E-state index contributed by atoms with van der Waals surface area (Å²) in [6.07, 6.45) is 2.26. The van der Waals surface area contributed by atoms with Crippen LogP contribution in [0.3, 0.4) is 0 Å². The molecule has 0 spiro atoms. The lowest BCUT2D eigenvalue weighted by molar-refractivity contribution is 0.466. The first-order chi connectivity index (χ1) is 8.17. The van der Waals surface area contributed by atoms with Crippen LogP contribution in [-0.4, -0.2) is 16.5 Å². The summed E-state index contributed by atoms with van der Waals surface area (Å²) in [5.41, 5.74) is 1.69. The van der Waals surface area contributed by atoms with E-state index < -0.39 is 0 Å². The van der Waals surface area contributed by atoms with Crippen molar-refractivity contribution in [1.29, 1.82) is 0 Å². The predicted octanol–water partition coefficient (Wildman–Crippen LogP) is 3.67. The molecule has 1 saturated heterocycles. The molecule has 1 aliphatic heterocycles. The topological polar surface area (TPSA) is 24.4 Å². The van der Waals surface area contributed by atoms with E-state index in [1.807, 2.05) is 23.1 Å². The van der Waals surface area contributed by atoms with Crippen LogP contribution in [0.2, 0.25) is 0 Å². The van der Waals surface area contributed by atoms with Crippen LogP contribution < -0.4 is 5.32 Å². The highest BCUT2D eigenvalue weighted by molar-refractivity contribution is 8.14. The van der Waals surface area contributed by atoms with E-state index in [9.17, 15) is 0 Å². The number of nitrogens with one attached hydrogen (secondary N) is 1. The van der Waals surface area contributed by atoms with Crippen molar-refractivity contribution in [3.8, 4) is 0 Å². The summed E-state index contributed by atoms with van der Waals surface area (Å²) in [4.78, 5) is 6.11. The fraction of sp³-hybridized carbons (Fsp3) is 0.615. The number of amidine groups is 1. The van der Waals surface area contributed by atoms with Crippen LogP contribution in [-0.2, 0) is 13.0 Å². The molecule has 2 heterocycles. The maximum Gasteiger partial charge on any atom is 0.157 e. The van der Waals surface area contributed by atoms with Gasteiger partial charge in [0.1, 0.15) is 0 Å². The van der Waals surface area contributed by atoms with Gasteiger partial charge in [-0.3, -0.25) is 4.99 Å². The van der Waals surface area contributed by atoms with Crippen LogP contribution in [0.1, 0.15) is 37.6 Å². The highest BCUT2D eigenvalue weighted by atomic mass is 32.2. The molecule has 0 aromatic carbocycles. The van der Waals surface area contributed by atoms with E-state index >= 15 is 0 Å². The highest BCUT2D eigenvalue weighted by Gasteiger charge is 2.30. The minimum Gasteiger partial charge on any atom is -0.359 e. The number of aliphatic imine (C=N–C) groups is 1. The average Bonchev–Trinajstić information content (AvgIpc) is 2.93. The van der Waals surface area contributed by atoms with Crippen molar-refractivity contribution in [3.63, 3.8) is 0 Å². The van der Waals surface area contributed by atoms with Gasteiger partial charge in [0.25, 0.3) is 0 Å². The molecule has 4 heteroatoms. The lowest BCUT2D eigenvalue weighted by Crippen LogP contribution is -2.39. The van der Waals surface area contributed by atoms with Crippen molar-refractivity contribution in [2.45, 2.75) is 45.7 Å². The first kappa shape index (κ1) is 13.0. The number of hydrogen-bond donors (Lipinski definition) is 1. The van der Waals surface area contributed by atoms with Gasteiger partial charge < -0.3 is 5.32 Å². The van der Waals surface area contributed by atoms with E-state index in [4.69, 9.17) is 4.99 Å². The van der Waals surface area contributed by atoms with Gasteiger partial charge in [-0.25, -0.2) is 0 Å². The van der Waals surface area contributed by atoms with Crippen LogP contribution >= 0.6 is 23.1 Å². The highest BCUT2D eigenvalue weighted by Crippen LogP contribution is 2.26. The molecule has 17 heavy (non-hydrogen) atoms. The van der Waals surface area contributed by atoms with Gasteiger partial charge in [-0.1, -0.05) is 25.6 Å². The summed E-state index contributed by atoms with van der Waals surface area (Å²) in [6, 6.07) is 2.21. The average molecular weight is 268 g/mol. The molecule has 1 fully saturated rings. The Hall–Kier alpha value is -0.480. The third-order valence-corrected chi connectivity index (χ3v) is 5.54. The minimum atomic E-state index is 0.243. The summed E-state index contributed by atoms with van der Waals surface area (Å²) in [5, 5.41) is 6.82. The third-order valence-electron chi connectivity index (χ3n) is 3.30. The number of rotatable bonds is 4. The number of thioether (sulfide) groups is 1.